The van der Waals surface area contributed by atoms with Gasteiger partial charge in [0.15, 0.2) is 0 Å². The van der Waals surface area contributed by atoms with Gasteiger partial charge in [-0.25, -0.2) is 0 Å². The molecule has 1 aromatic rings. The summed E-state index contributed by atoms with van der Waals surface area (Å²) in [5, 5.41) is 0. The van der Waals surface area contributed by atoms with Crippen LogP contribution in [-0.2, 0) is 9.59 Å². The lowest BCUT2D eigenvalue weighted by molar-refractivity contribution is -0.138. The zero-order chi connectivity index (χ0) is 15.9. The standard InChI is InChI=1S/C16H21BrN2O3/c1-13(20)18-8-10-19(11-9-18)16(21)7-4-12-22-15-6-3-2-5-14(15)17/h2-3,5-6H,4,7-12H2,1H3. The number of benzene rings is 1. The number of nitrogens with zero attached hydrogens (tertiary/aromatic N) is 2. The lowest BCUT2D eigenvalue weighted by atomic mass is 10.2. The molecule has 22 heavy (non-hydrogen) atoms. The van der Waals surface area contributed by atoms with Crippen molar-refractivity contribution in [2.75, 3.05) is 32.8 Å². The molecule has 1 heterocycles. The molecule has 0 bridgehead atoms. The number of hydrogen-bond acceptors (Lipinski definition) is 3. The molecule has 0 aromatic heterocycles. The number of rotatable bonds is 5. The summed E-state index contributed by atoms with van der Waals surface area (Å²) in [6.07, 6.45) is 1.16. The highest BCUT2D eigenvalue weighted by Gasteiger charge is 2.21. The summed E-state index contributed by atoms with van der Waals surface area (Å²) in [4.78, 5) is 27.0. The summed E-state index contributed by atoms with van der Waals surface area (Å²) in [5.74, 6) is 1.01. The Balaban J connectivity index is 1.66. The first-order chi connectivity index (χ1) is 10.6. The normalized spacial score (nSPS) is 14.8. The summed E-state index contributed by atoms with van der Waals surface area (Å²) >= 11 is 3.42. The number of ether oxygens (including phenoxy) is 1. The molecule has 0 spiro atoms. The Bertz CT molecular complexity index is 528. The zero-order valence-electron chi connectivity index (χ0n) is 12.8. The molecule has 0 N–H and O–H groups in total. The Morgan fingerprint density at radius 2 is 1.77 bits per heavy atom. The van der Waals surface area contributed by atoms with Gasteiger partial charge in [-0.1, -0.05) is 12.1 Å². The van der Waals surface area contributed by atoms with Crippen LogP contribution in [0.3, 0.4) is 0 Å². The predicted molar refractivity (Wildman–Crippen MR) is 87.7 cm³/mol. The summed E-state index contributed by atoms with van der Waals surface area (Å²) in [7, 11) is 0. The highest BCUT2D eigenvalue weighted by Crippen LogP contribution is 2.23. The van der Waals surface area contributed by atoms with Gasteiger partial charge in [0.05, 0.1) is 11.1 Å². The zero-order valence-corrected chi connectivity index (χ0v) is 14.3. The van der Waals surface area contributed by atoms with Crippen LogP contribution in [0.4, 0.5) is 0 Å². The SMILES string of the molecule is CC(=O)N1CCN(C(=O)CCCOc2ccccc2Br)CC1. The largest absolute Gasteiger partial charge is 0.492 e. The van der Waals surface area contributed by atoms with Gasteiger partial charge in [-0.05, 0) is 34.5 Å². The Kier molecular flexibility index (Phi) is 6.24. The van der Waals surface area contributed by atoms with E-state index in [0.717, 1.165) is 10.2 Å². The van der Waals surface area contributed by atoms with Crippen molar-refractivity contribution in [3.63, 3.8) is 0 Å². The maximum absolute atomic E-state index is 12.1. The average Bonchev–Trinajstić information content (AvgIpc) is 2.53. The van der Waals surface area contributed by atoms with E-state index in [4.69, 9.17) is 4.74 Å². The van der Waals surface area contributed by atoms with Crippen LogP contribution in [0.5, 0.6) is 5.75 Å². The van der Waals surface area contributed by atoms with Crippen molar-refractivity contribution in [3.8, 4) is 5.75 Å². The van der Waals surface area contributed by atoms with Crippen LogP contribution >= 0.6 is 15.9 Å². The van der Waals surface area contributed by atoms with Crippen LogP contribution in [0.1, 0.15) is 19.8 Å². The van der Waals surface area contributed by atoms with Gasteiger partial charge in [-0.3, -0.25) is 9.59 Å². The van der Waals surface area contributed by atoms with Gasteiger partial charge in [-0.2, -0.15) is 0 Å². The van der Waals surface area contributed by atoms with Crippen LogP contribution in [0.15, 0.2) is 28.7 Å². The second-order valence-corrected chi connectivity index (χ2v) is 6.12. The van der Waals surface area contributed by atoms with E-state index in [1.165, 1.54) is 0 Å². The molecule has 5 nitrogen and oxygen atoms in total. The fraction of sp³-hybridized carbons (Fsp3) is 0.500. The van der Waals surface area contributed by atoms with E-state index in [-0.39, 0.29) is 11.8 Å². The van der Waals surface area contributed by atoms with E-state index in [0.29, 0.717) is 45.6 Å². The third kappa shape index (κ3) is 4.73. The molecule has 0 aliphatic carbocycles. The maximum Gasteiger partial charge on any atom is 0.222 e. The minimum Gasteiger partial charge on any atom is -0.492 e. The smallest absolute Gasteiger partial charge is 0.222 e. The van der Waals surface area contributed by atoms with Gasteiger partial charge in [0.1, 0.15) is 5.75 Å². The second kappa shape index (κ2) is 8.17. The predicted octanol–water partition coefficient (Wildman–Crippen LogP) is 2.30. The lowest BCUT2D eigenvalue weighted by Gasteiger charge is -2.34. The quantitative estimate of drug-likeness (QED) is 0.749. The topological polar surface area (TPSA) is 49.9 Å². The Labute approximate surface area is 139 Å². The summed E-state index contributed by atoms with van der Waals surface area (Å²) in [5.41, 5.74) is 0. The third-order valence-corrected chi connectivity index (χ3v) is 4.36. The molecular formula is C16H21BrN2O3. The third-order valence-electron chi connectivity index (χ3n) is 3.71. The number of piperazine rings is 1. The van der Waals surface area contributed by atoms with Gasteiger partial charge < -0.3 is 14.5 Å². The summed E-state index contributed by atoms with van der Waals surface area (Å²) in [6.45, 7) is 4.61. The van der Waals surface area contributed by atoms with Crippen molar-refractivity contribution in [1.29, 1.82) is 0 Å². The Morgan fingerprint density at radius 3 is 2.41 bits per heavy atom. The van der Waals surface area contributed by atoms with E-state index < -0.39 is 0 Å². The van der Waals surface area contributed by atoms with E-state index in [9.17, 15) is 9.59 Å². The Morgan fingerprint density at radius 1 is 1.14 bits per heavy atom. The van der Waals surface area contributed by atoms with Crippen LogP contribution in [0.25, 0.3) is 0 Å². The van der Waals surface area contributed by atoms with Crippen LogP contribution < -0.4 is 4.74 Å². The monoisotopic (exact) mass is 368 g/mol. The molecule has 0 unspecified atom stereocenters. The number of amides is 2. The first kappa shape index (κ1) is 16.8. The number of hydrogen-bond donors (Lipinski definition) is 0. The molecule has 0 saturated carbocycles. The fourth-order valence-electron chi connectivity index (χ4n) is 2.40. The molecule has 2 rings (SSSR count). The van der Waals surface area contributed by atoms with Crippen LogP contribution in [0.2, 0.25) is 0 Å². The molecule has 120 valence electrons. The molecule has 0 atom stereocenters. The van der Waals surface area contributed by atoms with E-state index >= 15 is 0 Å². The minimum atomic E-state index is 0.0777. The lowest BCUT2D eigenvalue weighted by Crippen LogP contribution is -2.50. The number of carbonyl (C=O) groups excluding carboxylic acids is 2. The van der Waals surface area contributed by atoms with Crippen molar-refractivity contribution in [1.82, 2.24) is 9.80 Å². The van der Waals surface area contributed by atoms with Crippen molar-refractivity contribution < 1.29 is 14.3 Å². The van der Waals surface area contributed by atoms with E-state index in [2.05, 4.69) is 15.9 Å². The summed E-state index contributed by atoms with van der Waals surface area (Å²) in [6, 6.07) is 7.67. The van der Waals surface area contributed by atoms with Crippen molar-refractivity contribution >= 4 is 27.7 Å². The average molecular weight is 369 g/mol. The first-order valence-electron chi connectivity index (χ1n) is 7.48. The molecule has 1 saturated heterocycles. The van der Waals surface area contributed by atoms with Gasteiger partial charge in [0, 0.05) is 39.5 Å². The van der Waals surface area contributed by atoms with Gasteiger partial charge in [0.25, 0.3) is 0 Å². The Hall–Kier alpha value is -1.56. The number of halogens is 1. The molecule has 1 aliphatic rings. The fourth-order valence-corrected chi connectivity index (χ4v) is 2.80. The van der Waals surface area contributed by atoms with Gasteiger partial charge in [-0.15, -0.1) is 0 Å². The van der Waals surface area contributed by atoms with Crippen LogP contribution in [0, 0.1) is 0 Å². The van der Waals surface area contributed by atoms with E-state index in [1.54, 1.807) is 11.8 Å². The highest BCUT2D eigenvalue weighted by atomic mass is 79.9. The van der Waals surface area contributed by atoms with Gasteiger partial charge >= 0.3 is 0 Å². The number of para-hydroxylation sites is 1. The summed E-state index contributed by atoms with van der Waals surface area (Å²) < 4.78 is 6.57. The van der Waals surface area contributed by atoms with Crippen molar-refractivity contribution in [2.24, 2.45) is 0 Å². The second-order valence-electron chi connectivity index (χ2n) is 5.27. The maximum atomic E-state index is 12.1. The molecular weight excluding hydrogens is 348 g/mol. The molecule has 6 heteroatoms. The van der Waals surface area contributed by atoms with E-state index in [1.807, 2.05) is 29.2 Å². The highest BCUT2D eigenvalue weighted by molar-refractivity contribution is 9.10. The molecule has 1 aromatic carbocycles. The first-order valence-corrected chi connectivity index (χ1v) is 8.28. The van der Waals surface area contributed by atoms with Crippen LogP contribution in [-0.4, -0.2) is 54.4 Å². The number of carbonyl (C=O) groups is 2. The molecule has 1 aliphatic heterocycles. The van der Waals surface area contributed by atoms with Crippen molar-refractivity contribution in [3.05, 3.63) is 28.7 Å². The van der Waals surface area contributed by atoms with Crippen molar-refractivity contribution in [2.45, 2.75) is 19.8 Å². The molecule has 2 amide bonds. The minimum absolute atomic E-state index is 0.0777. The van der Waals surface area contributed by atoms with Gasteiger partial charge in [0.2, 0.25) is 11.8 Å². The molecule has 0 radical (unpaired) electrons. The molecule has 1 fully saturated rings.